The van der Waals surface area contributed by atoms with Gasteiger partial charge in [-0.05, 0) is 18.6 Å². The maximum Gasteiger partial charge on any atom is 0.226 e. The number of nitrogens with zero attached hydrogens (tertiary/aromatic N) is 3. The summed E-state index contributed by atoms with van der Waals surface area (Å²) in [5.74, 6) is 1.78. The predicted octanol–water partition coefficient (Wildman–Crippen LogP) is 1.88. The average Bonchev–Trinajstić information content (AvgIpc) is 2.91. The van der Waals surface area contributed by atoms with Gasteiger partial charge in [-0.2, -0.15) is 4.98 Å². The van der Waals surface area contributed by atoms with E-state index in [1.165, 1.54) is 0 Å². The monoisotopic (exact) mass is 263 g/mol. The number of aliphatic hydroxyl groups excluding tert-OH is 1. The van der Waals surface area contributed by atoms with Gasteiger partial charge in [0.25, 0.3) is 0 Å². The molecule has 0 saturated carbocycles. The number of aromatic nitrogens is 3. The molecule has 0 spiro atoms. The number of pyridine rings is 1. The van der Waals surface area contributed by atoms with E-state index in [1.807, 2.05) is 0 Å². The molecule has 102 valence electrons. The van der Waals surface area contributed by atoms with Crippen LogP contribution in [0.3, 0.4) is 0 Å². The lowest BCUT2D eigenvalue weighted by atomic mass is 10.2. The number of aryl methyl sites for hydroxylation is 1. The van der Waals surface area contributed by atoms with Gasteiger partial charge in [0.05, 0.1) is 18.5 Å². The maximum absolute atomic E-state index is 8.87. The lowest BCUT2D eigenvalue weighted by molar-refractivity contribution is 0.272. The van der Waals surface area contributed by atoms with Gasteiger partial charge in [-0.3, -0.25) is 4.98 Å². The Kier molecular flexibility index (Phi) is 4.85. The minimum Gasteiger partial charge on any atom is -0.484 e. The molecule has 0 aliphatic rings. The molecule has 0 fully saturated rings. The third-order valence-corrected chi connectivity index (χ3v) is 2.58. The second-order valence-electron chi connectivity index (χ2n) is 4.14. The first kappa shape index (κ1) is 13.5. The zero-order valence-electron chi connectivity index (χ0n) is 10.9. The third kappa shape index (κ3) is 4.03. The van der Waals surface area contributed by atoms with Crippen LogP contribution in [-0.4, -0.2) is 20.2 Å². The summed E-state index contributed by atoms with van der Waals surface area (Å²) in [6.07, 6.45) is 4.49. The Morgan fingerprint density at radius 2 is 2.26 bits per heavy atom. The zero-order valence-corrected chi connectivity index (χ0v) is 10.9. The smallest absolute Gasteiger partial charge is 0.226 e. The van der Waals surface area contributed by atoms with Crippen LogP contribution in [-0.2, 0) is 19.6 Å². The van der Waals surface area contributed by atoms with E-state index in [9.17, 15) is 0 Å². The van der Waals surface area contributed by atoms with E-state index in [0.717, 1.165) is 19.3 Å². The van der Waals surface area contributed by atoms with E-state index in [2.05, 4.69) is 22.0 Å². The van der Waals surface area contributed by atoms with Crippen molar-refractivity contribution in [3.8, 4) is 5.75 Å². The summed E-state index contributed by atoms with van der Waals surface area (Å²) in [5, 5.41) is 12.7. The van der Waals surface area contributed by atoms with E-state index in [-0.39, 0.29) is 13.2 Å². The Morgan fingerprint density at radius 3 is 2.95 bits per heavy atom. The first-order chi connectivity index (χ1) is 9.31. The Bertz CT molecular complexity index is 496. The van der Waals surface area contributed by atoms with E-state index in [1.54, 1.807) is 18.3 Å². The molecule has 0 unspecified atom stereocenters. The number of aliphatic hydroxyl groups is 1. The third-order valence-electron chi connectivity index (χ3n) is 2.58. The molecule has 6 nitrogen and oxygen atoms in total. The lowest BCUT2D eigenvalue weighted by Gasteiger charge is -2.02. The average molecular weight is 263 g/mol. The highest BCUT2D eigenvalue weighted by Gasteiger charge is 2.06. The van der Waals surface area contributed by atoms with Crippen LogP contribution in [0.2, 0.25) is 0 Å². The highest BCUT2D eigenvalue weighted by Crippen LogP contribution is 2.11. The molecule has 0 aromatic carbocycles. The highest BCUT2D eigenvalue weighted by molar-refractivity contribution is 5.19. The van der Waals surface area contributed by atoms with Gasteiger partial charge in [-0.25, -0.2) is 0 Å². The van der Waals surface area contributed by atoms with Gasteiger partial charge < -0.3 is 14.4 Å². The zero-order chi connectivity index (χ0) is 13.5. The van der Waals surface area contributed by atoms with Gasteiger partial charge in [-0.1, -0.05) is 18.5 Å². The van der Waals surface area contributed by atoms with Gasteiger partial charge in [-0.15, -0.1) is 0 Å². The van der Waals surface area contributed by atoms with Crippen molar-refractivity contribution >= 4 is 0 Å². The number of rotatable bonds is 7. The lowest BCUT2D eigenvalue weighted by Crippen LogP contribution is -1.99. The number of ether oxygens (including phenoxy) is 1. The molecule has 2 aromatic rings. The largest absolute Gasteiger partial charge is 0.484 e. The van der Waals surface area contributed by atoms with Gasteiger partial charge in [0, 0.05) is 6.42 Å². The van der Waals surface area contributed by atoms with E-state index >= 15 is 0 Å². The van der Waals surface area contributed by atoms with E-state index in [0.29, 0.717) is 23.2 Å². The Hall–Kier alpha value is -1.95. The molecule has 0 aliphatic heterocycles. The summed E-state index contributed by atoms with van der Waals surface area (Å²) in [7, 11) is 0. The van der Waals surface area contributed by atoms with Crippen LogP contribution in [0.15, 0.2) is 22.9 Å². The van der Waals surface area contributed by atoms with Crippen molar-refractivity contribution in [1.29, 1.82) is 0 Å². The summed E-state index contributed by atoms with van der Waals surface area (Å²) in [5.41, 5.74) is 0.605. The molecule has 2 aromatic heterocycles. The maximum atomic E-state index is 8.87. The van der Waals surface area contributed by atoms with Crippen LogP contribution in [0, 0.1) is 0 Å². The first-order valence-corrected chi connectivity index (χ1v) is 6.32. The fourth-order valence-electron chi connectivity index (χ4n) is 1.52. The van der Waals surface area contributed by atoms with Crippen LogP contribution < -0.4 is 4.74 Å². The minimum absolute atomic E-state index is 0.0775. The Labute approximate surface area is 111 Å². The van der Waals surface area contributed by atoms with Crippen molar-refractivity contribution in [2.45, 2.75) is 39.4 Å². The first-order valence-electron chi connectivity index (χ1n) is 6.32. The summed E-state index contributed by atoms with van der Waals surface area (Å²) >= 11 is 0. The molecular weight excluding hydrogens is 246 g/mol. The summed E-state index contributed by atoms with van der Waals surface area (Å²) in [6, 6.07) is 3.45. The van der Waals surface area contributed by atoms with Crippen molar-refractivity contribution in [3.05, 3.63) is 35.7 Å². The van der Waals surface area contributed by atoms with Crippen LogP contribution in [0.4, 0.5) is 0 Å². The fourth-order valence-corrected chi connectivity index (χ4v) is 1.52. The second-order valence-corrected chi connectivity index (χ2v) is 4.14. The normalized spacial score (nSPS) is 10.6. The molecule has 0 amide bonds. The molecule has 2 heterocycles. The topological polar surface area (TPSA) is 81.3 Å². The summed E-state index contributed by atoms with van der Waals surface area (Å²) in [6.45, 7) is 2.28. The quantitative estimate of drug-likeness (QED) is 0.821. The summed E-state index contributed by atoms with van der Waals surface area (Å²) in [4.78, 5) is 8.25. The molecule has 6 heteroatoms. The molecule has 2 rings (SSSR count). The number of hydrogen-bond acceptors (Lipinski definition) is 6. The standard InChI is InChI=1S/C13H17N3O3/c1-2-3-4-13-15-12(16-19-13)9-18-11-6-5-10(8-17)14-7-11/h5-7,17H,2-4,8-9H2,1H3. The van der Waals surface area contributed by atoms with Crippen molar-refractivity contribution in [3.63, 3.8) is 0 Å². The van der Waals surface area contributed by atoms with Gasteiger partial charge in [0.1, 0.15) is 5.75 Å². The van der Waals surface area contributed by atoms with Gasteiger partial charge in [0.2, 0.25) is 11.7 Å². The van der Waals surface area contributed by atoms with Gasteiger partial charge >= 0.3 is 0 Å². The molecule has 0 aliphatic carbocycles. The Morgan fingerprint density at radius 1 is 1.37 bits per heavy atom. The minimum atomic E-state index is -0.0775. The fraction of sp³-hybridized carbons (Fsp3) is 0.462. The van der Waals surface area contributed by atoms with Crippen molar-refractivity contribution in [2.24, 2.45) is 0 Å². The molecule has 1 N–H and O–H groups in total. The van der Waals surface area contributed by atoms with Crippen LogP contribution >= 0.6 is 0 Å². The SMILES string of the molecule is CCCCc1nc(COc2ccc(CO)nc2)no1. The number of hydrogen-bond donors (Lipinski definition) is 1. The van der Waals surface area contributed by atoms with E-state index < -0.39 is 0 Å². The predicted molar refractivity (Wildman–Crippen MR) is 67.4 cm³/mol. The molecule has 0 radical (unpaired) electrons. The second kappa shape index (κ2) is 6.84. The van der Waals surface area contributed by atoms with E-state index in [4.69, 9.17) is 14.4 Å². The molecular formula is C13H17N3O3. The van der Waals surface area contributed by atoms with Crippen molar-refractivity contribution in [2.75, 3.05) is 0 Å². The highest BCUT2D eigenvalue weighted by atomic mass is 16.5. The summed E-state index contributed by atoms with van der Waals surface area (Å²) < 4.78 is 10.6. The van der Waals surface area contributed by atoms with Crippen LogP contribution in [0.25, 0.3) is 0 Å². The van der Waals surface area contributed by atoms with Crippen molar-refractivity contribution in [1.82, 2.24) is 15.1 Å². The molecule has 0 saturated heterocycles. The number of unbranched alkanes of at least 4 members (excludes halogenated alkanes) is 1. The van der Waals surface area contributed by atoms with Crippen molar-refractivity contribution < 1.29 is 14.4 Å². The Balaban J connectivity index is 1.85. The van der Waals surface area contributed by atoms with Crippen LogP contribution in [0.5, 0.6) is 5.75 Å². The van der Waals surface area contributed by atoms with Gasteiger partial charge in [0.15, 0.2) is 6.61 Å². The van der Waals surface area contributed by atoms with Crippen LogP contribution in [0.1, 0.15) is 37.2 Å². The molecule has 0 atom stereocenters. The molecule has 0 bridgehead atoms. The molecule has 19 heavy (non-hydrogen) atoms.